The van der Waals surface area contributed by atoms with E-state index in [1.54, 1.807) is 13.8 Å². The van der Waals surface area contributed by atoms with Crippen LogP contribution in [-0.4, -0.2) is 40.8 Å². The maximum absolute atomic E-state index is 9.21. The predicted molar refractivity (Wildman–Crippen MR) is 36.9 cm³/mol. The number of hydrogen-bond donors (Lipinski definition) is 2. The van der Waals surface area contributed by atoms with Crippen molar-refractivity contribution in [2.45, 2.75) is 44.4 Å². The summed E-state index contributed by atoms with van der Waals surface area (Å²) in [6.45, 7) is 3.45. The fourth-order valence-corrected chi connectivity index (χ4v) is 1.56. The number of fused-ring (bicyclic) bond motifs is 1. The van der Waals surface area contributed by atoms with Gasteiger partial charge in [0.15, 0.2) is 18.4 Å². The van der Waals surface area contributed by atoms with Crippen molar-refractivity contribution >= 4 is 0 Å². The first-order chi connectivity index (χ1) is 5.49. The van der Waals surface area contributed by atoms with Crippen molar-refractivity contribution in [1.29, 1.82) is 0 Å². The molecule has 0 amide bonds. The molecule has 4 atom stereocenters. The number of aliphatic hydroxyl groups is 2. The van der Waals surface area contributed by atoms with Crippen molar-refractivity contribution in [3.63, 3.8) is 0 Å². The first kappa shape index (κ1) is 8.40. The molecule has 70 valence electrons. The molecule has 2 fully saturated rings. The summed E-state index contributed by atoms with van der Waals surface area (Å²) in [5.41, 5.74) is 0. The lowest BCUT2D eigenvalue weighted by atomic mass is 10.2. The third kappa shape index (κ3) is 1.14. The number of ether oxygens (including phenoxy) is 3. The average Bonchev–Trinajstić information content (AvgIpc) is 2.34. The second kappa shape index (κ2) is 2.40. The Bertz CT molecular complexity index is 174. The molecule has 2 rings (SSSR count). The molecule has 2 unspecified atom stereocenters. The quantitative estimate of drug-likeness (QED) is 0.504. The summed E-state index contributed by atoms with van der Waals surface area (Å²) in [6.07, 6.45) is -3.33. The van der Waals surface area contributed by atoms with Gasteiger partial charge in [0.25, 0.3) is 0 Å². The molecular formula is C7H12O5. The SMILES string of the molecule is CC1(C)OC2C(O1)[C@@H](O)O[C@H]2O. The standard InChI is InChI=1S/C7H12O5/c1-7(2)11-3-4(12-7)6(9)10-5(3)8/h3-6,8-9H,1-2H3/t3?,4?,5-,6+. The average molecular weight is 176 g/mol. The predicted octanol–water partition coefficient (Wildman–Crippen LogP) is -0.827. The summed E-state index contributed by atoms with van der Waals surface area (Å²) >= 11 is 0. The summed E-state index contributed by atoms with van der Waals surface area (Å²) in [5, 5.41) is 18.4. The van der Waals surface area contributed by atoms with Gasteiger partial charge in [-0.05, 0) is 13.8 Å². The van der Waals surface area contributed by atoms with Crippen molar-refractivity contribution in [2.24, 2.45) is 0 Å². The highest BCUT2D eigenvalue weighted by Gasteiger charge is 2.54. The summed E-state index contributed by atoms with van der Waals surface area (Å²) in [4.78, 5) is 0. The van der Waals surface area contributed by atoms with E-state index in [0.29, 0.717) is 0 Å². The molecular weight excluding hydrogens is 164 g/mol. The van der Waals surface area contributed by atoms with Crippen LogP contribution in [0, 0.1) is 0 Å². The zero-order valence-electron chi connectivity index (χ0n) is 6.93. The number of aliphatic hydroxyl groups excluding tert-OH is 2. The molecule has 2 N–H and O–H groups in total. The van der Waals surface area contributed by atoms with E-state index in [2.05, 4.69) is 4.74 Å². The highest BCUT2D eigenvalue weighted by atomic mass is 16.8. The van der Waals surface area contributed by atoms with Gasteiger partial charge in [0.2, 0.25) is 0 Å². The molecule has 5 nitrogen and oxygen atoms in total. The van der Waals surface area contributed by atoms with Crippen LogP contribution in [0.5, 0.6) is 0 Å². The Kier molecular flexibility index (Phi) is 1.68. The lowest BCUT2D eigenvalue weighted by Gasteiger charge is -2.20. The fraction of sp³-hybridized carbons (Fsp3) is 1.00. The molecule has 0 aliphatic carbocycles. The first-order valence-electron chi connectivity index (χ1n) is 3.87. The Morgan fingerprint density at radius 1 is 1.00 bits per heavy atom. The van der Waals surface area contributed by atoms with Crippen molar-refractivity contribution < 1.29 is 24.4 Å². The van der Waals surface area contributed by atoms with Crippen LogP contribution >= 0.6 is 0 Å². The topological polar surface area (TPSA) is 68.2 Å². The van der Waals surface area contributed by atoms with Gasteiger partial charge in [0.05, 0.1) is 0 Å². The molecule has 0 spiro atoms. The molecule has 0 aromatic rings. The van der Waals surface area contributed by atoms with Gasteiger partial charge in [0, 0.05) is 0 Å². The van der Waals surface area contributed by atoms with Gasteiger partial charge in [-0.15, -0.1) is 0 Å². The molecule has 2 aliphatic rings. The Balaban J connectivity index is 2.15. The van der Waals surface area contributed by atoms with Gasteiger partial charge in [-0.25, -0.2) is 0 Å². The number of hydrogen-bond acceptors (Lipinski definition) is 5. The molecule has 2 heterocycles. The van der Waals surface area contributed by atoms with Crippen molar-refractivity contribution in [2.75, 3.05) is 0 Å². The smallest absolute Gasteiger partial charge is 0.187 e. The number of rotatable bonds is 0. The van der Waals surface area contributed by atoms with Gasteiger partial charge in [-0.1, -0.05) is 0 Å². The highest BCUT2D eigenvalue weighted by Crippen LogP contribution is 2.36. The maximum atomic E-state index is 9.21. The van der Waals surface area contributed by atoms with Crippen LogP contribution in [0.2, 0.25) is 0 Å². The second-order valence-electron chi connectivity index (χ2n) is 3.48. The Morgan fingerprint density at radius 2 is 1.42 bits per heavy atom. The zero-order chi connectivity index (χ0) is 8.93. The molecule has 0 saturated carbocycles. The van der Waals surface area contributed by atoms with Crippen LogP contribution in [0.3, 0.4) is 0 Å². The second-order valence-corrected chi connectivity index (χ2v) is 3.48. The van der Waals surface area contributed by atoms with Crippen molar-refractivity contribution in [3.05, 3.63) is 0 Å². The molecule has 2 saturated heterocycles. The van der Waals surface area contributed by atoms with E-state index in [1.165, 1.54) is 0 Å². The minimum atomic E-state index is -1.09. The van der Waals surface area contributed by atoms with E-state index in [9.17, 15) is 10.2 Å². The summed E-state index contributed by atoms with van der Waals surface area (Å²) in [6, 6.07) is 0. The molecule has 12 heavy (non-hydrogen) atoms. The largest absolute Gasteiger partial charge is 0.366 e. The van der Waals surface area contributed by atoms with E-state index >= 15 is 0 Å². The van der Waals surface area contributed by atoms with Crippen LogP contribution in [0.1, 0.15) is 13.8 Å². The minimum absolute atomic E-state index is 0.574. The highest BCUT2D eigenvalue weighted by molar-refractivity contribution is 4.90. The van der Waals surface area contributed by atoms with Crippen LogP contribution in [0.25, 0.3) is 0 Å². The van der Waals surface area contributed by atoms with Gasteiger partial charge in [-0.2, -0.15) is 0 Å². The van der Waals surface area contributed by atoms with E-state index in [4.69, 9.17) is 9.47 Å². The van der Waals surface area contributed by atoms with Crippen LogP contribution in [0.15, 0.2) is 0 Å². The van der Waals surface area contributed by atoms with Gasteiger partial charge in [-0.3, -0.25) is 0 Å². The normalized spacial score (nSPS) is 51.0. The third-order valence-corrected chi connectivity index (χ3v) is 2.00. The van der Waals surface area contributed by atoms with Crippen LogP contribution < -0.4 is 0 Å². The Hall–Kier alpha value is -0.200. The molecule has 0 aromatic heterocycles. The van der Waals surface area contributed by atoms with Crippen molar-refractivity contribution in [3.8, 4) is 0 Å². The fourth-order valence-electron chi connectivity index (χ4n) is 1.56. The Labute approximate surface area is 69.8 Å². The monoisotopic (exact) mass is 176 g/mol. The van der Waals surface area contributed by atoms with Crippen LogP contribution in [-0.2, 0) is 14.2 Å². The van der Waals surface area contributed by atoms with Gasteiger partial charge in [0.1, 0.15) is 12.2 Å². The third-order valence-electron chi connectivity index (χ3n) is 2.00. The van der Waals surface area contributed by atoms with Crippen molar-refractivity contribution in [1.82, 2.24) is 0 Å². The lowest BCUT2D eigenvalue weighted by molar-refractivity contribution is -0.253. The zero-order valence-corrected chi connectivity index (χ0v) is 6.93. The molecule has 0 aromatic carbocycles. The summed E-state index contributed by atoms with van der Waals surface area (Å²) in [5.74, 6) is -0.749. The van der Waals surface area contributed by atoms with Crippen LogP contribution in [0.4, 0.5) is 0 Å². The Morgan fingerprint density at radius 3 is 1.83 bits per heavy atom. The summed E-state index contributed by atoms with van der Waals surface area (Å²) in [7, 11) is 0. The van der Waals surface area contributed by atoms with Gasteiger partial charge >= 0.3 is 0 Å². The molecule has 0 bridgehead atoms. The maximum Gasteiger partial charge on any atom is 0.187 e. The first-order valence-corrected chi connectivity index (χ1v) is 3.87. The van der Waals surface area contributed by atoms with E-state index in [-0.39, 0.29) is 0 Å². The molecule has 5 heteroatoms. The summed E-state index contributed by atoms with van der Waals surface area (Å²) < 4.78 is 15.3. The van der Waals surface area contributed by atoms with Gasteiger partial charge < -0.3 is 24.4 Å². The molecule has 2 aliphatic heterocycles. The van der Waals surface area contributed by atoms with E-state index in [0.717, 1.165) is 0 Å². The minimum Gasteiger partial charge on any atom is -0.366 e. The lowest BCUT2D eigenvalue weighted by Crippen LogP contribution is -2.29. The van der Waals surface area contributed by atoms with E-state index in [1.807, 2.05) is 0 Å². The molecule has 0 radical (unpaired) electrons. The van der Waals surface area contributed by atoms with E-state index < -0.39 is 30.6 Å².